The van der Waals surface area contributed by atoms with Gasteiger partial charge in [-0.3, -0.25) is 9.59 Å². The summed E-state index contributed by atoms with van der Waals surface area (Å²) in [4.78, 5) is 22.9. The van der Waals surface area contributed by atoms with Gasteiger partial charge in [0.05, 0.1) is 12.2 Å². The number of hydrogen-bond acceptors (Lipinski definition) is 4. The van der Waals surface area contributed by atoms with Crippen LogP contribution in [0, 0.1) is 5.41 Å². The van der Waals surface area contributed by atoms with Crippen molar-refractivity contribution in [3.63, 3.8) is 0 Å². The summed E-state index contributed by atoms with van der Waals surface area (Å²) < 4.78 is 5.18. The van der Waals surface area contributed by atoms with Crippen molar-refractivity contribution < 1.29 is 19.2 Å². The predicted molar refractivity (Wildman–Crippen MR) is 71.0 cm³/mol. The summed E-state index contributed by atoms with van der Waals surface area (Å²) in [6.07, 6.45) is 2.78. The fourth-order valence-corrected chi connectivity index (χ4v) is 2.31. The highest BCUT2D eigenvalue weighted by Crippen LogP contribution is 2.46. The van der Waals surface area contributed by atoms with E-state index in [2.05, 4.69) is 24.3 Å². The van der Waals surface area contributed by atoms with Gasteiger partial charge in [0, 0.05) is 12.0 Å². The van der Waals surface area contributed by atoms with Crippen LogP contribution in [0.1, 0.15) is 56.9 Å². The highest BCUT2D eigenvalue weighted by molar-refractivity contribution is 6.04. The van der Waals surface area contributed by atoms with Crippen molar-refractivity contribution in [3.05, 3.63) is 17.5 Å². The maximum Gasteiger partial charge on any atom is 0.319 e. The van der Waals surface area contributed by atoms with Gasteiger partial charge in [-0.1, -0.05) is 19.0 Å². The molecule has 0 atom stereocenters. The summed E-state index contributed by atoms with van der Waals surface area (Å²) in [6, 6.07) is 1.83. The molecule has 6 heteroatoms. The topological polar surface area (TPSA) is 92.4 Å². The minimum atomic E-state index is -1.21. The van der Waals surface area contributed by atoms with Crippen molar-refractivity contribution >= 4 is 11.9 Å². The Hall–Kier alpha value is -1.85. The van der Waals surface area contributed by atoms with Crippen LogP contribution < -0.4 is 5.32 Å². The van der Waals surface area contributed by atoms with Crippen molar-refractivity contribution in [1.29, 1.82) is 0 Å². The van der Waals surface area contributed by atoms with E-state index in [-0.39, 0.29) is 6.54 Å². The van der Waals surface area contributed by atoms with Gasteiger partial charge in [-0.25, -0.2) is 0 Å². The van der Waals surface area contributed by atoms with E-state index >= 15 is 0 Å². The van der Waals surface area contributed by atoms with E-state index < -0.39 is 17.3 Å². The second-order valence-corrected chi connectivity index (χ2v) is 5.30. The standard InChI is InChI=1S/C14H20N2O4/c1-3-9(4-2)11-7-10(20-16-11)8-15-12(17)14(5-6-14)13(18)19/h7,9H,3-6,8H2,1-2H3,(H,15,17)(H,18,19). The Morgan fingerprint density at radius 3 is 2.60 bits per heavy atom. The minimum absolute atomic E-state index is 0.182. The van der Waals surface area contributed by atoms with Crippen molar-refractivity contribution in [1.82, 2.24) is 10.5 Å². The molecular formula is C14H20N2O4. The summed E-state index contributed by atoms with van der Waals surface area (Å²) in [6.45, 7) is 4.36. The molecule has 1 aromatic rings. The van der Waals surface area contributed by atoms with Crippen LogP contribution in [0.2, 0.25) is 0 Å². The van der Waals surface area contributed by atoms with Crippen molar-refractivity contribution in [2.75, 3.05) is 0 Å². The minimum Gasteiger partial charge on any atom is -0.480 e. The van der Waals surface area contributed by atoms with E-state index in [1.54, 1.807) is 0 Å². The van der Waals surface area contributed by atoms with Gasteiger partial charge in [-0.2, -0.15) is 0 Å². The van der Waals surface area contributed by atoms with E-state index in [9.17, 15) is 9.59 Å². The predicted octanol–water partition coefficient (Wildman–Crippen LogP) is 2.06. The normalized spacial score (nSPS) is 16.1. The molecule has 1 heterocycles. The monoisotopic (exact) mass is 280 g/mol. The Kier molecular flexibility index (Phi) is 4.11. The van der Waals surface area contributed by atoms with Crippen molar-refractivity contribution in [2.45, 2.75) is 52.0 Å². The van der Waals surface area contributed by atoms with Crippen molar-refractivity contribution in [3.8, 4) is 0 Å². The lowest BCUT2D eigenvalue weighted by Gasteiger charge is -2.09. The first-order chi connectivity index (χ1) is 9.53. The zero-order valence-corrected chi connectivity index (χ0v) is 11.8. The molecule has 0 saturated heterocycles. The zero-order valence-electron chi connectivity index (χ0n) is 11.8. The van der Waals surface area contributed by atoms with E-state index in [0.29, 0.717) is 24.5 Å². The van der Waals surface area contributed by atoms with Gasteiger partial charge in [0.25, 0.3) is 0 Å². The molecule has 1 fully saturated rings. The SMILES string of the molecule is CCC(CC)c1cc(CNC(=O)C2(C(=O)O)CC2)on1. The molecule has 0 bridgehead atoms. The highest BCUT2D eigenvalue weighted by Gasteiger charge is 2.56. The van der Waals surface area contributed by atoms with E-state index in [1.807, 2.05) is 6.07 Å². The van der Waals surface area contributed by atoms with Gasteiger partial charge in [0.1, 0.15) is 5.41 Å². The fourth-order valence-electron chi connectivity index (χ4n) is 2.31. The molecule has 1 saturated carbocycles. The van der Waals surface area contributed by atoms with Crippen molar-refractivity contribution in [2.24, 2.45) is 5.41 Å². The van der Waals surface area contributed by atoms with Crippen LogP contribution in [0.4, 0.5) is 0 Å². The second-order valence-electron chi connectivity index (χ2n) is 5.30. The molecule has 2 rings (SSSR count). The van der Waals surface area contributed by atoms with E-state index in [4.69, 9.17) is 9.63 Å². The number of carbonyl (C=O) groups is 2. The Morgan fingerprint density at radius 2 is 2.10 bits per heavy atom. The quantitative estimate of drug-likeness (QED) is 0.746. The number of rotatable bonds is 7. The maximum absolute atomic E-state index is 11.8. The third-order valence-electron chi connectivity index (χ3n) is 4.00. The smallest absolute Gasteiger partial charge is 0.319 e. The summed E-state index contributed by atoms with van der Waals surface area (Å²) in [5.41, 5.74) is -0.322. The number of aromatic nitrogens is 1. The molecule has 1 aliphatic rings. The van der Waals surface area contributed by atoms with Gasteiger partial charge in [-0.05, 0) is 25.7 Å². The number of nitrogens with one attached hydrogen (secondary N) is 1. The summed E-state index contributed by atoms with van der Waals surface area (Å²) >= 11 is 0. The molecule has 20 heavy (non-hydrogen) atoms. The van der Waals surface area contributed by atoms with Gasteiger partial charge in [0.2, 0.25) is 5.91 Å². The number of nitrogens with zero attached hydrogens (tertiary/aromatic N) is 1. The van der Waals surface area contributed by atoms with Crippen LogP contribution in [-0.2, 0) is 16.1 Å². The molecule has 0 unspecified atom stereocenters. The summed E-state index contributed by atoms with van der Waals surface area (Å²) in [5, 5.41) is 15.6. The van der Waals surface area contributed by atoms with Crippen LogP contribution in [0.15, 0.2) is 10.6 Å². The molecule has 6 nitrogen and oxygen atoms in total. The third kappa shape index (κ3) is 2.69. The Bertz CT molecular complexity index is 501. The zero-order chi connectivity index (χ0) is 14.8. The molecule has 0 aliphatic heterocycles. The number of hydrogen-bond donors (Lipinski definition) is 2. The summed E-state index contributed by atoms with van der Waals surface area (Å²) in [5.74, 6) is -0.575. The van der Waals surface area contributed by atoms with Gasteiger partial charge in [-0.15, -0.1) is 0 Å². The maximum atomic E-state index is 11.8. The molecule has 1 aromatic heterocycles. The number of carboxylic acid groups (broad SMARTS) is 1. The average molecular weight is 280 g/mol. The third-order valence-corrected chi connectivity index (χ3v) is 4.00. The molecule has 1 amide bonds. The Labute approximate surface area is 117 Å². The largest absolute Gasteiger partial charge is 0.480 e. The molecule has 110 valence electrons. The number of aliphatic carboxylic acids is 1. The first kappa shape index (κ1) is 14.6. The van der Waals surface area contributed by atoms with Crippen LogP contribution in [0.25, 0.3) is 0 Å². The lowest BCUT2D eigenvalue weighted by molar-refractivity contribution is -0.149. The van der Waals surface area contributed by atoms with Crippen LogP contribution in [0.3, 0.4) is 0 Å². The lowest BCUT2D eigenvalue weighted by Crippen LogP contribution is -2.36. The first-order valence-corrected chi connectivity index (χ1v) is 7.00. The molecule has 0 radical (unpaired) electrons. The van der Waals surface area contributed by atoms with Gasteiger partial charge in [0.15, 0.2) is 5.76 Å². The molecule has 0 aromatic carbocycles. The van der Waals surface area contributed by atoms with Gasteiger partial charge >= 0.3 is 5.97 Å². The Balaban J connectivity index is 1.92. The van der Waals surface area contributed by atoms with E-state index in [0.717, 1.165) is 18.5 Å². The van der Waals surface area contributed by atoms with Crippen LogP contribution >= 0.6 is 0 Å². The number of carbonyl (C=O) groups excluding carboxylic acids is 1. The molecule has 2 N–H and O–H groups in total. The fraction of sp³-hybridized carbons (Fsp3) is 0.643. The number of carboxylic acids is 1. The number of amides is 1. The van der Waals surface area contributed by atoms with Gasteiger partial charge < -0.3 is 14.9 Å². The highest BCUT2D eigenvalue weighted by atomic mass is 16.5. The lowest BCUT2D eigenvalue weighted by atomic mass is 9.99. The molecular weight excluding hydrogens is 260 g/mol. The second kappa shape index (κ2) is 5.64. The average Bonchev–Trinajstić information content (AvgIpc) is 3.13. The van der Waals surface area contributed by atoms with Crippen LogP contribution in [0.5, 0.6) is 0 Å². The Morgan fingerprint density at radius 1 is 1.45 bits per heavy atom. The van der Waals surface area contributed by atoms with Crippen LogP contribution in [-0.4, -0.2) is 22.1 Å². The van der Waals surface area contributed by atoms with E-state index in [1.165, 1.54) is 0 Å². The molecule has 0 spiro atoms. The molecule has 1 aliphatic carbocycles. The summed E-state index contributed by atoms with van der Waals surface area (Å²) in [7, 11) is 0. The first-order valence-electron chi connectivity index (χ1n) is 7.00.